The maximum Gasteiger partial charge on any atom is 0.253 e. The Morgan fingerprint density at radius 1 is 1.31 bits per heavy atom. The van der Waals surface area contributed by atoms with E-state index in [2.05, 4.69) is 20.7 Å². The van der Waals surface area contributed by atoms with Crippen LogP contribution in [-0.4, -0.2) is 27.2 Å². The zero-order valence-corrected chi connectivity index (χ0v) is 17.0. The number of hydrogen-bond acceptors (Lipinski definition) is 5. The molecule has 2 heterocycles. The van der Waals surface area contributed by atoms with E-state index < -0.39 is 0 Å². The Morgan fingerprint density at radius 2 is 2.04 bits per heavy atom. The molecule has 0 spiro atoms. The van der Waals surface area contributed by atoms with E-state index in [0.717, 1.165) is 35.7 Å². The first-order chi connectivity index (χ1) is 12.4. The van der Waals surface area contributed by atoms with Crippen LogP contribution in [0.3, 0.4) is 0 Å². The third-order valence-electron chi connectivity index (χ3n) is 4.65. The highest BCUT2D eigenvalue weighted by atomic mass is 32.2. The van der Waals surface area contributed by atoms with Crippen LogP contribution < -0.4 is 10.9 Å². The van der Waals surface area contributed by atoms with Gasteiger partial charge in [-0.1, -0.05) is 25.6 Å². The van der Waals surface area contributed by atoms with Crippen molar-refractivity contribution in [1.29, 1.82) is 0 Å². The Bertz CT molecular complexity index is 820. The monoisotopic (exact) mass is 391 g/mol. The van der Waals surface area contributed by atoms with Crippen molar-refractivity contribution in [2.45, 2.75) is 68.0 Å². The van der Waals surface area contributed by atoms with E-state index in [-0.39, 0.29) is 23.4 Å². The van der Waals surface area contributed by atoms with Crippen molar-refractivity contribution in [3.8, 4) is 0 Å². The van der Waals surface area contributed by atoms with Gasteiger partial charge >= 0.3 is 0 Å². The maximum absolute atomic E-state index is 12.7. The third kappa shape index (κ3) is 4.76. The summed E-state index contributed by atoms with van der Waals surface area (Å²) in [5.74, 6) is 0.00939. The second-order valence-corrected chi connectivity index (χ2v) is 9.53. The van der Waals surface area contributed by atoms with Crippen LogP contribution in [-0.2, 0) is 0 Å². The molecule has 140 valence electrons. The lowest BCUT2D eigenvalue weighted by molar-refractivity contribution is 0.0926. The second-order valence-electron chi connectivity index (χ2n) is 7.12. The van der Waals surface area contributed by atoms with Gasteiger partial charge in [0.15, 0.2) is 0 Å². The molecule has 5 nitrogen and oxygen atoms in total. The van der Waals surface area contributed by atoms with Gasteiger partial charge in [0.05, 0.1) is 5.56 Å². The van der Waals surface area contributed by atoms with Crippen molar-refractivity contribution in [2.24, 2.45) is 0 Å². The summed E-state index contributed by atoms with van der Waals surface area (Å²) in [6.45, 7) is 5.98. The van der Waals surface area contributed by atoms with E-state index in [0.29, 0.717) is 16.5 Å². The van der Waals surface area contributed by atoms with Gasteiger partial charge in [-0.25, -0.2) is 4.98 Å². The van der Waals surface area contributed by atoms with E-state index >= 15 is 0 Å². The number of rotatable bonds is 5. The number of carbonyl (C=O) groups is 1. The number of nitrogens with one attached hydrogen (secondary N) is 2. The Kier molecular flexibility index (Phi) is 6.19. The molecule has 1 fully saturated rings. The summed E-state index contributed by atoms with van der Waals surface area (Å²) >= 11 is 3.58. The van der Waals surface area contributed by atoms with Crippen LogP contribution >= 0.6 is 23.1 Å². The molecule has 0 aliphatic heterocycles. The number of nitrogens with zero attached hydrogens (tertiary/aromatic N) is 1. The molecule has 2 aromatic rings. The minimum atomic E-state index is -0.166. The molecule has 1 aliphatic rings. The molecular formula is C19H25N3O2S2. The fourth-order valence-electron chi connectivity index (χ4n) is 3.26. The summed E-state index contributed by atoms with van der Waals surface area (Å²) in [6, 6.07) is 3.25. The molecule has 0 aromatic carbocycles. The number of hydrogen-bond donors (Lipinski definition) is 2. The fourth-order valence-corrected chi connectivity index (χ4v) is 5.55. The molecule has 0 bridgehead atoms. The smallest absolute Gasteiger partial charge is 0.253 e. The van der Waals surface area contributed by atoms with E-state index in [4.69, 9.17) is 0 Å². The highest BCUT2D eigenvalue weighted by molar-refractivity contribution is 8.01. The van der Waals surface area contributed by atoms with E-state index in [1.807, 2.05) is 32.5 Å². The predicted molar refractivity (Wildman–Crippen MR) is 107 cm³/mol. The lowest BCUT2D eigenvalue weighted by atomic mass is 9.94. The third-order valence-corrected chi connectivity index (χ3v) is 7.07. The molecule has 3 rings (SSSR count). The number of carbonyl (C=O) groups excluding carboxylic acids is 1. The molecule has 2 N–H and O–H groups in total. The minimum Gasteiger partial charge on any atom is -0.349 e. The molecule has 26 heavy (non-hydrogen) atoms. The number of thiazole rings is 1. The summed E-state index contributed by atoms with van der Waals surface area (Å²) in [6.07, 6.45) is 4.12. The topological polar surface area (TPSA) is 74.8 Å². The molecule has 2 aromatic heterocycles. The molecule has 0 unspecified atom stereocenters. The van der Waals surface area contributed by atoms with Gasteiger partial charge < -0.3 is 10.3 Å². The summed E-state index contributed by atoms with van der Waals surface area (Å²) in [5.41, 5.74) is 2.20. The molecule has 0 saturated heterocycles. The Morgan fingerprint density at radius 3 is 2.65 bits per heavy atom. The minimum absolute atomic E-state index is 0.0865. The summed E-state index contributed by atoms with van der Waals surface area (Å²) in [7, 11) is 0. The molecule has 0 atom stereocenters. The quantitative estimate of drug-likeness (QED) is 0.805. The number of amides is 1. The number of thioether (sulfide) groups is 1. The number of H-pyrrole nitrogens is 1. The van der Waals surface area contributed by atoms with Gasteiger partial charge in [0.2, 0.25) is 5.56 Å². The number of pyridine rings is 1. The lowest BCUT2D eigenvalue weighted by Gasteiger charge is -2.28. The average molecular weight is 392 g/mol. The van der Waals surface area contributed by atoms with Gasteiger partial charge in [0.25, 0.3) is 5.91 Å². The summed E-state index contributed by atoms with van der Waals surface area (Å²) in [5, 5.41) is 5.82. The molecule has 0 radical (unpaired) electrons. The molecule has 1 aliphatic carbocycles. The summed E-state index contributed by atoms with van der Waals surface area (Å²) in [4.78, 5) is 31.6. The van der Waals surface area contributed by atoms with E-state index in [1.165, 1.54) is 6.07 Å². The first-order valence-corrected chi connectivity index (χ1v) is 10.8. The van der Waals surface area contributed by atoms with Crippen LogP contribution in [0.2, 0.25) is 0 Å². The molecular weight excluding hydrogens is 366 g/mol. The van der Waals surface area contributed by atoms with Crippen LogP contribution in [0.15, 0.2) is 26.6 Å². The van der Waals surface area contributed by atoms with Crippen LogP contribution in [0.1, 0.15) is 67.2 Å². The van der Waals surface area contributed by atoms with E-state index in [9.17, 15) is 9.59 Å². The van der Waals surface area contributed by atoms with Gasteiger partial charge in [-0.3, -0.25) is 9.59 Å². The Labute approximate surface area is 162 Å². The van der Waals surface area contributed by atoms with E-state index in [1.54, 1.807) is 17.4 Å². The van der Waals surface area contributed by atoms with Crippen LogP contribution in [0.5, 0.6) is 0 Å². The lowest BCUT2D eigenvalue weighted by Crippen LogP contribution is -2.39. The first kappa shape index (κ1) is 19.2. The Balaban J connectivity index is 1.56. The zero-order chi connectivity index (χ0) is 18.7. The predicted octanol–water partition coefficient (Wildman–Crippen LogP) is 4.10. The molecule has 1 amide bonds. The first-order valence-electron chi connectivity index (χ1n) is 9.05. The van der Waals surface area contributed by atoms with Crippen LogP contribution in [0.25, 0.3) is 0 Å². The van der Waals surface area contributed by atoms with Crippen molar-refractivity contribution in [1.82, 2.24) is 15.3 Å². The molecule has 1 saturated carbocycles. The van der Waals surface area contributed by atoms with Crippen molar-refractivity contribution in [3.63, 3.8) is 0 Å². The average Bonchev–Trinajstić information content (AvgIpc) is 3.01. The van der Waals surface area contributed by atoms with Crippen LogP contribution in [0.4, 0.5) is 0 Å². The second kappa shape index (κ2) is 8.39. The largest absolute Gasteiger partial charge is 0.349 e. The zero-order valence-electron chi connectivity index (χ0n) is 15.4. The number of aryl methyl sites for hydroxylation is 1. The summed E-state index contributed by atoms with van der Waals surface area (Å²) < 4.78 is 1.14. The van der Waals surface area contributed by atoms with Crippen LogP contribution in [0, 0.1) is 6.92 Å². The highest BCUT2D eigenvalue weighted by Crippen LogP contribution is 2.35. The maximum atomic E-state index is 12.7. The highest BCUT2D eigenvalue weighted by Gasteiger charge is 2.25. The normalized spacial score (nSPS) is 20.3. The van der Waals surface area contributed by atoms with Crippen molar-refractivity contribution in [2.75, 3.05) is 0 Å². The SMILES string of the molecule is Cc1csc(SC2CCC(NC(=O)c3ccc(=O)[nH]c3C(C)C)CC2)n1. The molecule has 7 heteroatoms. The van der Waals surface area contributed by atoms with Gasteiger partial charge in [-0.05, 0) is 44.6 Å². The van der Waals surface area contributed by atoms with Gasteiger partial charge in [0, 0.05) is 34.1 Å². The Hall–Kier alpha value is -1.60. The standard InChI is InChI=1S/C19H25N3O2S2/c1-11(2)17-15(8-9-16(23)22-17)18(24)21-13-4-6-14(7-5-13)26-19-20-12(3)10-25-19/h8-11,13-14H,4-7H2,1-3H3,(H,21,24)(H,22,23). The van der Waals surface area contributed by atoms with Gasteiger partial charge in [0.1, 0.15) is 4.34 Å². The fraction of sp³-hybridized carbons (Fsp3) is 0.526. The number of aromatic nitrogens is 2. The van der Waals surface area contributed by atoms with Crippen molar-refractivity contribution in [3.05, 3.63) is 44.8 Å². The van der Waals surface area contributed by atoms with Crippen molar-refractivity contribution >= 4 is 29.0 Å². The number of aromatic amines is 1. The van der Waals surface area contributed by atoms with Gasteiger partial charge in [-0.2, -0.15) is 0 Å². The van der Waals surface area contributed by atoms with Gasteiger partial charge in [-0.15, -0.1) is 11.3 Å². The van der Waals surface area contributed by atoms with Crippen molar-refractivity contribution < 1.29 is 4.79 Å².